The van der Waals surface area contributed by atoms with Gasteiger partial charge in [-0.3, -0.25) is 0 Å². The third-order valence-corrected chi connectivity index (χ3v) is 3.13. The van der Waals surface area contributed by atoms with Crippen molar-refractivity contribution >= 4 is 18.7 Å². The van der Waals surface area contributed by atoms with Gasteiger partial charge in [0.05, 0.1) is 0 Å². The minimum atomic E-state index is 0.000985. The number of carbonyl (C=O) groups excluding carboxylic acids is 1. The number of urea groups is 1. The first kappa shape index (κ1) is 12.7. The Kier molecular flexibility index (Phi) is 6.64. The Morgan fingerprint density at radius 3 is 2.60 bits per heavy atom. The first-order chi connectivity index (χ1) is 7.33. The Morgan fingerprint density at radius 1 is 1.20 bits per heavy atom. The second-order valence-electron chi connectivity index (χ2n) is 4.17. The second kappa shape index (κ2) is 7.85. The summed E-state index contributed by atoms with van der Waals surface area (Å²) < 4.78 is 0. The van der Waals surface area contributed by atoms with Gasteiger partial charge >= 0.3 is 6.03 Å². The lowest BCUT2D eigenvalue weighted by atomic mass is 9.96. The molecule has 0 heterocycles. The number of hydrogen-bond acceptors (Lipinski definition) is 2. The van der Waals surface area contributed by atoms with E-state index in [4.69, 9.17) is 0 Å². The van der Waals surface area contributed by atoms with Crippen LogP contribution in [0.3, 0.4) is 0 Å². The Balaban J connectivity index is 2.01. The zero-order valence-electron chi connectivity index (χ0n) is 9.30. The number of unbranched alkanes of at least 4 members (excludes halogenated alkanes) is 1. The van der Waals surface area contributed by atoms with Crippen LogP contribution in [0.25, 0.3) is 0 Å². The van der Waals surface area contributed by atoms with Gasteiger partial charge in [-0.15, -0.1) is 0 Å². The van der Waals surface area contributed by atoms with Crippen molar-refractivity contribution in [2.45, 2.75) is 51.0 Å². The zero-order chi connectivity index (χ0) is 10.9. The molecule has 0 aliphatic heterocycles. The number of amides is 2. The average Bonchev–Trinajstić information content (AvgIpc) is 2.26. The molecule has 0 spiro atoms. The first-order valence-electron chi connectivity index (χ1n) is 5.98. The van der Waals surface area contributed by atoms with Gasteiger partial charge < -0.3 is 10.6 Å². The van der Waals surface area contributed by atoms with Crippen LogP contribution in [0.4, 0.5) is 4.79 Å². The second-order valence-corrected chi connectivity index (χ2v) is 4.61. The van der Waals surface area contributed by atoms with Crippen molar-refractivity contribution in [3.8, 4) is 0 Å². The third-order valence-electron chi connectivity index (χ3n) is 2.81. The van der Waals surface area contributed by atoms with Crippen molar-refractivity contribution in [1.29, 1.82) is 0 Å². The summed E-state index contributed by atoms with van der Waals surface area (Å²) in [6.07, 6.45) is 8.19. The van der Waals surface area contributed by atoms with Gasteiger partial charge in [-0.05, 0) is 31.4 Å². The quantitative estimate of drug-likeness (QED) is 0.492. The van der Waals surface area contributed by atoms with Gasteiger partial charge in [0.15, 0.2) is 0 Å². The predicted molar refractivity (Wildman–Crippen MR) is 66.5 cm³/mol. The van der Waals surface area contributed by atoms with Gasteiger partial charge in [-0.1, -0.05) is 19.3 Å². The molecule has 15 heavy (non-hydrogen) atoms. The third kappa shape index (κ3) is 5.92. The summed E-state index contributed by atoms with van der Waals surface area (Å²) in [5, 5.41) is 5.91. The lowest BCUT2D eigenvalue weighted by Gasteiger charge is -2.22. The summed E-state index contributed by atoms with van der Waals surface area (Å²) in [5.41, 5.74) is 0. The Bertz CT molecular complexity index is 181. The maximum Gasteiger partial charge on any atom is 0.315 e. The highest BCUT2D eigenvalue weighted by Crippen LogP contribution is 2.16. The van der Waals surface area contributed by atoms with Crippen molar-refractivity contribution in [2.24, 2.45) is 0 Å². The van der Waals surface area contributed by atoms with Gasteiger partial charge in [0, 0.05) is 12.6 Å². The summed E-state index contributed by atoms with van der Waals surface area (Å²) in [5.74, 6) is 0.895. The van der Waals surface area contributed by atoms with Crippen LogP contribution in [0, 0.1) is 0 Å². The van der Waals surface area contributed by atoms with Gasteiger partial charge in [0.2, 0.25) is 0 Å². The van der Waals surface area contributed by atoms with E-state index in [0.29, 0.717) is 6.04 Å². The molecule has 1 fully saturated rings. The van der Waals surface area contributed by atoms with Crippen LogP contribution in [0.15, 0.2) is 0 Å². The zero-order valence-corrected chi connectivity index (χ0v) is 10.2. The van der Waals surface area contributed by atoms with Crippen LogP contribution in [-0.4, -0.2) is 24.4 Å². The first-order valence-corrected chi connectivity index (χ1v) is 6.61. The van der Waals surface area contributed by atoms with Crippen LogP contribution in [-0.2, 0) is 0 Å². The molecule has 0 atom stereocenters. The number of thiol groups is 1. The van der Waals surface area contributed by atoms with Crippen LogP contribution >= 0.6 is 12.6 Å². The molecule has 1 rings (SSSR count). The number of nitrogens with one attached hydrogen (secondary N) is 2. The average molecular weight is 230 g/mol. The molecule has 0 bridgehead atoms. The summed E-state index contributed by atoms with van der Waals surface area (Å²) in [7, 11) is 0. The Labute approximate surface area is 97.8 Å². The van der Waals surface area contributed by atoms with Crippen molar-refractivity contribution in [2.75, 3.05) is 12.3 Å². The molecule has 0 aromatic heterocycles. The summed E-state index contributed by atoms with van der Waals surface area (Å²) in [6, 6.07) is 0.407. The van der Waals surface area contributed by atoms with Crippen LogP contribution < -0.4 is 10.6 Å². The van der Waals surface area contributed by atoms with Crippen LogP contribution in [0.1, 0.15) is 44.9 Å². The van der Waals surface area contributed by atoms with E-state index in [1.54, 1.807) is 0 Å². The fraction of sp³-hybridized carbons (Fsp3) is 0.909. The number of carbonyl (C=O) groups is 1. The number of rotatable bonds is 5. The molecular formula is C11H22N2OS. The van der Waals surface area contributed by atoms with E-state index in [1.807, 2.05) is 0 Å². The van der Waals surface area contributed by atoms with E-state index in [2.05, 4.69) is 23.3 Å². The summed E-state index contributed by atoms with van der Waals surface area (Å²) in [4.78, 5) is 11.4. The molecule has 0 aromatic carbocycles. The molecule has 1 saturated carbocycles. The van der Waals surface area contributed by atoms with Gasteiger partial charge in [0.1, 0.15) is 0 Å². The topological polar surface area (TPSA) is 41.1 Å². The molecule has 2 N–H and O–H groups in total. The smallest absolute Gasteiger partial charge is 0.315 e. The summed E-state index contributed by atoms with van der Waals surface area (Å²) >= 11 is 4.12. The Morgan fingerprint density at radius 2 is 1.93 bits per heavy atom. The molecule has 4 heteroatoms. The van der Waals surface area contributed by atoms with E-state index in [1.165, 1.54) is 19.3 Å². The van der Waals surface area contributed by atoms with E-state index in [0.717, 1.165) is 38.0 Å². The standard InChI is InChI=1S/C11H22N2OS/c14-11(12-8-4-5-9-15)13-10-6-2-1-3-7-10/h10,15H,1-9H2,(H2,12,13,14). The monoisotopic (exact) mass is 230 g/mol. The molecule has 88 valence electrons. The van der Waals surface area contributed by atoms with Gasteiger partial charge in [0.25, 0.3) is 0 Å². The lowest BCUT2D eigenvalue weighted by Crippen LogP contribution is -2.43. The van der Waals surface area contributed by atoms with Gasteiger partial charge in [-0.25, -0.2) is 4.79 Å². The van der Waals surface area contributed by atoms with E-state index < -0.39 is 0 Å². The predicted octanol–water partition coefficient (Wildman–Crippen LogP) is 2.33. The molecule has 1 aliphatic carbocycles. The van der Waals surface area contributed by atoms with Gasteiger partial charge in [-0.2, -0.15) is 12.6 Å². The highest BCUT2D eigenvalue weighted by Gasteiger charge is 2.14. The van der Waals surface area contributed by atoms with Crippen LogP contribution in [0.5, 0.6) is 0 Å². The van der Waals surface area contributed by atoms with E-state index in [-0.39, 0.29) is 6.03 Å². The molecule has 0 unspecified atom stereocenters. The van der Waals surface area contributed by atoms with Crippen molar-refractivity contribution in [3.63, 3.8) is 0 Å². The minimum absolute atomic E-state index is 0.000985. The fourth-order valence-corrected chi connectivity index (χ4v) is 2.15. The van der Waals surface area contributed by atoms with Crippen molar-refractivity contribution in [1.82, 2.24) is 10.6 Å². The highest BCUT2D eigenvalue weighted by atomic mass is 32.1. The minimum Gasteiger partial charge on any atom is -0.338 e. The largest absolute Gasteiger partial charge is 0.338 e. The Hall–Kier alpha value is -0.380. The number of hydrogen-bond donors (Lipinski definition) is 3. The molecule has 0 aromatic rings. The molecule has 0 saturated heterocycles. The van der Waals surface area contributed by atoms with Crippen molar-refractivity contribution in [3.05, 3.63) is 0 Å². The summed E-state index contributed by atoms with van der Waals surface area (Å²) in [6.45, 7) is 0.763. The molecule has 1 aliphatic rings. The molecule has 3 nitrogen and oxygen atoms in total. The fourth-order valence-electron chi connectivity index (χ4n) is 1.92. The SMILES string of the molecule is O=C(NCCCCS)NC1CCCCC1. The van der Waals surface area contributed by atoms with Crippen molar-refractivity contribution < 1.29 is 4.79 Å². The van der Waals surface area contributed by atoms with E-state index >= 15 is 0 Å². The molecule has 2 amide bonds. The maximum absolute atomic E-state index is 11.4. The lowest BCUT2D eigenvalue weighted by molar-refractivity contribution is 0.232. The van der Waals surface area contributed by atoms with Crippen LogP contribution in [0.2, 0.25) is 0 Å². The molecular weight excluding hydrogens is 208 g/mol. The maximum atomic E-state index is 11.4. The normalized spacial score (nSPS) is 17.4. The molecule has 0 radical (unpaired) electrons. The van der Waals surface area contributed by atoms with E-state index in [9.17, 15) is 4.79 Å². The highest BCUT2D eigenvalue weighted by molar-refractivity contribution is 7.80.